The van der Waals surface area contributed by atoms with Crippen molar-refractivity contribution in [2.24, 2.45) is 5.92 Å². The van der Waals surface area contributed by atoms with E-state index in [1.807, 2.05) is 45.0 Å². The summed E-state index contributed by atoms with van der Waals surface area (Å²) >= 11 is 1.26. The molecule has 0 aliphatic heterocycles. The van der Waals surface area contributed by atoms with Crippen LogP contribution < -0.4 is 10.6 Å². The molecular weight excluding hydrogens is 391 g/mol. The number of aromatic nitrogens is 2. The van der Waals surface area contributed by atoms with Gasteiger partial charge in [-0.15, -0.1) is 10.2 Å². The molecule has 0 bridgehead atoms. The number of nitrogens with zero attached hydrogens (tertiary/aromatic N) is 2. The Labute approximate surface area is 172 Å². The van der Waals surface area contributed by atoms with Crippen LogP contribution in [-0.2, 0) is 4.79 Å². The first kappa shape index (κ1) is 20.6. The standard InChI is InChI=1S/C21H21FN4O2S/c1-12(2)17(23-18(27)14-8-10-16(22)11-9-14)19(28)24-21-26-25-20(29-21)15-6-4-13(3)5-7-15/h4-12,17H,1-3H3,(H,23,27)(H,24,26,28)/t17-/m0/s1. The molecule has 2 aromatic carbocycles. The number of amides is 2. The summed E-state index contributed by atoms with van der Waals surface area (Å²) in [5.74, 6) is -1.43. The fourth-order valence-electron chi connectivity index (χ4n) is 2.63. The van der Waals surface area contributed by atoms with Crippen LogP contribution in [0.5, 0.6) is 0 Å². The van der Waals surface area contributed by atoms with Crippen LogP contribution in [0, 0.1) is 18.7 Å². The molecule has 1 aromatic heterocycles. The zero-order chi connectivity index (χ0) is 21.0. The van der Waals surface area contributed by atoms with Crippen LogP contribution in [0.15, 0.2) is 48.5 Å². The van der Waals surface area contributed by atoms with E-state index in [0.717, 1.165) is 11.1 Å². The zero-order valence-corrected chi connectivity index (χ0v) is 17.1. The number of halogens is 1. The van der Waals surface area contributed by atoms with Crippen LogP contribution in [0.4, 0.5) is 9.52 Å². The maximum atomic E-state index is 13.0. The summed E-state index contributed by atoms with van der Waals surface area (Å²) in [6.07, 6.45) is 0. The molecule has 1 atom stereocenters. The maximum Gasteiger partial charge on any atom is 0.251 e. The second kappa shape index (κ2) is 8.91. The predicted octanol–water partition coefficient (Wildman–Crippen LogP) is 4.05. The lowest BCUT2D eigenvalue weighted by Crippen LogP contribution is -2.47. The Kier molecular flexibility index (Phi) is 6.33. The van der Waals surface area contributed by atoms with Gasteiger partial charge in [-0.05, 0) is 37.1 Å². The van der Waals surface area contributed by atoms with E-state index in [9.17, 15) is 14.0 Å². The van der Waals surface area contributed by atoms with Gasteiger partial charge in [0, 0.05) is 11.1 Å². The third-order valence-corrected chi connectivity index (χ3v) is 5.18. The summed E-state index contributed by atoms with van der Waals surface area (Å²) in [6, 6.07) is 12.2. The summed E-state index contributed by atoms with van der Waals surface area (Å²) in [7, 11) is 0. The van der Waals surface area contributed by atoms with Crippen molar-refractivity contribution in [3.8, 4) is 10.6 Å². The Bertz CT molecular complexity index is 1000. The number of carbonyl (C=O) groups is 2. The average molecular weight is 412 g/mol. The number of rotatable bonds is 6. The molecule has 0 saturated heterocycles. The quantitative estimate of drug-likeness (QED) is 0.640. The number of benzene rings is 2. The summed E-state index contributed by atoms with van der Waals surface area (Å²) in [5, 5.41) is 14.6. The van der Waals surface area contributed by atoms with Gasteiger partial charge < -0.3 is 5.32 Å². The fourth-order valence-corrected chi connectivity index (χ4v) is 3.38. The van der Waals surface area contributed by atoms with E-state index in [1.165, 1.54) is 35.6 Å². The van der Waals surface area contributed by atoms with Crippen molar-refractivity contribution in [3.05, 3.63) is 65.5 Å². The molecule has 0 saturated carbocycles. The first-order chi connectivity index (χ1) is 13.8. The summed E-state index contributed by atoms with van der Waals surface area (Å²) in [6.45, 7) is 5.65. The highest BCUT2D eigenvalue weighted by molar-refractivity contribution is 7.18. The van der Waals surface area contributed by atoms with E-state index in [4.69, 9.17) is 0 Å². The molecule has 0 fully saturated rings. The van der Waals surface area contributed by atoms with Crippen LogP contribution in [-0.4, -0.2) is 28.1 Å². The van der Waals surface area contributed by atoms with Gasteiger partial charge >= 0.3 is 0 Å². The Morgan fingerprint density at radius 2 is 1.66 bits per heavy atom. The Hall–Kier alpha value is -3.13. The Balaban J connectivity index is 1.69. The van der Waals surface area contributed by atoms with Gasteiger partial charge in [-0.1, -0.05) is 55.0 Å². The second-order valence-corrected chi connectivity index (χ2v) is 7.95. The van der Waals surface area contributed by atoms with Crippen LogP contribution in [0.25, 0.3) is 10.6 Å². The van der Waals surface area contributed by atoms with E-state index >= 15 is 0 Å². The molecule has 0 radical (unpaired) electrons. The molecule has 8 heteroatoms. The highest BCUT2D eigenvalue weighted by atomic mass is 32.1. The smallest absolute Gasteiger partial charge is 0.251 e. The SMILES string of the molecule is Cc1ccc(-c2nnc(NC(=O)[C@@H](NC(=O)c3ccc(F)cc3)C(C)C)s2)cc1. The van der Waals surface area contributed by atoms with Crippen molar-refractivity contribution in [2.75, 3.05) is 5.32 Å². The lowest BCUT2D eigenvalue weighted by molar-refractivity contribution is -0.118. The van der Waals surface area contributed by atoms with Gasteiger partial charge in [-0.3, -0.25) is 14.9 Å². The van der Waals surface area contributed by atoms with Crippen LogP contribution in [0.3, 0.4) is 0 Å². The van der Waals surface area contributed by atoms with Gasteiger partial charge in [0.2, 0.25) is 11.0 Å². The molecule has 150 valence electrons. The Morgan fingerprint density at radius 3 is 2.28 bits per heavy atom. The first-order valence-electron chi connectivity index (χ1n) is 9.11. The molecule has 2 N–H and O–H groups in total. The molecule has 3 aromatic rings. The number of carbonyl (C=O) groups excluding carboxylic acids is 2. The number of anilines is 1. The molecule has 6 nitrogen and oxygen atoms in total. The normalized spacial score (nSPS) is 11.9. The van der Waals surface area contributed by atoms with Crippen molar-refractivity contribution in [2.45, 2.75) is 26.8 Å². The average Bonchev–Trinajstić information content (AvgIpc) is 3.15. The monoisotopic (exact) mass is 412 g/mol. The molecule has 0 unspecified atom stereocenters. The van der Waals surface area contributed by atoms with Crippen LogP contribution in [0.1, 0.15) is 29.8 Å². The third-order valence-electron chi connectivity index (χ3n) is 4.30. The third kappa shape index (κ3) is 5.23. The second-order valence-electron chi connectivity index (χ2n) is 6.97. The summed E-state index contributed by atoms with van der Waals surface area (Å²) in [4.78, 5) is 25.1. The van der Waals surface area contributed by atoms with Crippen LogP contribution >= 0.6 is 11.3 Å². The number of nitrogens with one attached hydrogen (secondary N) is 2. The molecule has 0 aliphatic rings. The minimum Gasteiger partial charge on any atom is -0.340 e. The van der Waals surface area contributed by atoms with Gasteiger partial charge in [0.05, 0.1) is 0 Å². The summed E-state index contributed by atoms with van der Waals surface area (Å²) < 4.78 is 13.0. The lowest BCUT2D eigenvalue weighted by Gasteiger charge is -2.21. The van der Waals surface area contributed by atoms with Crippen molar-refractivity contribution in [3.63, 3.8) is 0 Å². The lowest BCUT2D eigenvalue weighted by atomic mass is 10.0. The molecule has 0 aliphatic carbocycles. The van der Waals surface area contributed by atoms with Gasteiger partial charge in [0.1, 0.15) is 16.9 Å². The molecule has 0 spiro atoms. The molecule has 29 heavy (non-hydrogen) atoms. The highest BCUT2D eigenvalue weighted by Gasteiger charge is 2.25. The van der Waals surface area contributed by atoms with E-state index in [0.29, 0.717) is 10.1 Å². The minimum atomic E-state index is -0.778. The van der Waals surface area contributed by atoms with E-state index < -0.39 is 17.8 Å². The van der Waals surface area contributed by atoms with Gasteiger partial charge in [0.25, 0.3) is 5.91 Å². The van der Waals surface area contributed by atoms with Crippen molar-refractivity contribution < 1.29 is 14.0 Å². The number of hydrogen-bond acceptors (Lipinski definition) is 5. The summed E-state index contributed by atoms with van der Waals surface area (Å²) in [5.41, 5.74) is 2.34. The van der Waals surface area contributed by atoms with Gasteiger partial charge in [0.15, 0.2) is 0 Å². The molecular formula is C21H21FN4O2S. The topological polar surface area (TPSA) is 84.0 Å². The largest absolute Gasteiger partial charge is 0.340 e. The number of aryl methyl sites for hydroxylation is 1. The maximum absolute atomic E-state index is 13.0. The fraction of sp³-hybridized carbons (Fsp3) is 0.238. The van der Waals surface area contributed by atoms with Crippen LogP contribution in [0.2, 0.25) is 0 Å². The Morgan fingerprint density at radius 1 is 1.00 bits per heavy atom. The highest BCUT2D eigenvalue weighted by Crippen LogP contribution is 2.26. The van der Waals surface area contributed by atoms with Crippen molar-refractivity contribution in [1.82, 2.24) is 15.5 Å². The molecule has 3 rings (SSSR count). The molecule has 1 heterocycles. The zero-order valence-electron chi connectivity index (χ0n) is 16.3. The van der Waals surface area contributed by atoms with Gasteiger partial charge in [-0.25, -0.2) is 4.39 Å². The number of hydrogen-bond donors (Lipinski definition) is 2. The van der Waals surface area contributed by atoms with E-state index in [-0.39, 0.29) is 17.4 Å². The van der Waals surface area contributed by atoms with Crippen molar-refractivity contribution >= 4 is 28.3 Å². The molecule has 2 amide bonds. The van der Waals surface area contributed by atoms with E-state index in [1.54, 1.807) is 0 Å². The first-order valence-corrected chi connectivity index (χ1v) is 9.93. The minimum absolute atomic E-state index is 0.163. The van der Waals surface area contributed by atoms with E-state index in [2.05, 4.69) is 20.8 Å². The van der Waals surface area contributed by atoms with Crippen molar-refractivity contribution in [1.29, 1.82) is 0 Å². The predicted molar refractivity (Wildman–Crippen MR) is 111 cm³/mol. The van der Waals surface area contributed by atoms with Gasteiger partial charge in [-0.2, -0.15) is 0 Å².